The van der Waals surface area contributed by atoms with Crippen LogP contribution in [0.4, 0.5) is 0 Å². The fraction of sp³-hybridized carbons (Fsp3) is 0.353. The SMILES string of the molecule is Cc1ccc(CN(C(=O)c2ccc(Br)cc2)C2CCS(=O)(=O)C2)o1. The molecular formula is C17H18BrNO4S. The fourth-order valence-corrected chi connectivity index (χ4v) is 4.88. The molecule has 1 aromatic heterocycles. The first-order valence-electron chi connectivity index (χ1n) is 7.66. The maximum Gasteiger partial charge on any atom is 0.254 e. The lowest BCUT2D eigenvalue weighted by Gasteiger charge is -2.27. The summed E-state index contributed by atoms with van der Waals surface area (Å²) in [7, 11) is -3.08. The summed E-state index contributed by atoms with van der Waals surface area (Å²) in [5, 5.41) is 0. The lowest BCUT2D eigenvalue weighted by molar-refractivity contribution is 0.0665. The summed E-state index contributed by atoms with van der Waals surface area (Å²) in [4.78, 5) is 14.6. The first kappa shape index (κ1) is 17.2. The molecule has 0 spiro atoms. The molecule has 0 radical (unpaired) electrons. The molecule has 1 amide bonds. The van der Waals surface area contributed by atoms with Gasteiger partial charge in [-0.05, 0) is 49.7 Å². The second-order valence-corrected chi connectivity index (χ2v) is 9.15. The highest BCUT2D eigenvalue weighted by molar-refractivity contribution is 9.10. The van der Waals surface area contributed by atoms with Crippen LogP contribution in [-0.2, 0) is 16.4 Å². The van der Waals surface area contributed by atoms with Crippen LogP contribution < -0.4 is 0 Å². The predicted octanol–water partition coefficient (Wildman–Crippen LogP) is 3.18. The number of hydrogen-bond acceptors (Lipinski definition) is 4. The van der Waals surface area contributed by atoms with E-state index in [1.54, 1.807) is 29.2 Å². The summed E-state index contributed by atoms with van der Waals surface area (Å²) in [6.07, 6.45) is 0.463. The summed E-state index contributed by atoms with van der Waals surface area (Å²) < 4.78 is 30.1. The van der Waals surface area contributed by atoms with Crippen molar-refractivity contribution < 1.29 is 17.6 Å². The minimum absolute atomic E-state index is 0.00889. The number of hydrogen-bond donors (Lipinski definition) is 0. The van der Waals surface area contributed by atoms with Gasteiger partial charge in [-0.15, -0.1) is 0 Å². The van der Waals surface area contributed by atoms with Gasteiger partial charge in [0.2, 0.25) is 0 Å². The molecule has 24 heavy (non-hydrogen) atoms. The van der Waals surface area contributed by atoms with Gasteiger partial charge in [-0.2, -0.15) is 0 Å². The topological polar surface area (TPSA) is 67.6 Å². The van der Waals surface area contributed by atoms with E-state index in [9.17, 15) is 13.2 Å². The molecule has 1 aliphatic rings. The van der Waals surface area contributed by atoms with E-state index >= 15 is 0 Å². The molecule has 0 bridgehead atoms. The highest BCUT2D eigenvalue weighted by Crippen LogP contribution is 2.23. The Labute approximate surface area is 149 Å². The second-order valence-electron chi connectivity index (χ2n) is 6.01. The molecule has 1 aromatic carbocycles. The summed E-state index contributed by atoms with van der Waals surface area (Å²) in [5.74, 6) is 1.37. The minimum atomic E-state index is -3.08. The van der Waals surface area contributed by atoms with Gasteiger partial charge < -0.3 is 9.32 Å². The van der Waals surface area contributed by atoms with E-state index in [2.05, 4.69) is 15.9 Å². The average Bonchev–Trinajstić information content (AvgIpc) is 3.10. The van der Waals surface area contributed by atoms with Crippen LogP contribution in [0.25, 0.3) is 0 Å². The van der Waals surface area contributed by atoms with E-state index in [1.807, 2.05) is 19.1 Å². The summed E-state index contributed by atoms with van der Waals surface area (Å²) in [6, 6.07) is 10.4. The van der Waals surface area contributed by atoms with Gasteiger partial charge in [0.05, 0.1) is 18.1 Å². The Morgan fingerprint density at radius 3 is 2.50 bits per heavy atom. The van der Waals surface area contributed by atoms with Crippen molar-refractivity contribution in [1.29, 1.82) is 0 Å². The normalized spacial score (nSPS) is 19.3. The molecule has 3 rings (SSSR count). The Balaban J connectivity index is 1.88. The smallest absolute Gasteiger partial charge is 0.254 e. The van der Waals surface area contributed by atoms with Crippen molar-refractivity contribution in [3.05, 3.63) is 58.0 Å². The highest BCUT2D eigenvalue weighted by atomic mass is 79.9. The molecule has 1 saturated heterocycles. The van der Waals surface area contributed by atoms with Crippen molar-refractivity contribution in [3.8, 4) is 0 Å². The van der Waals surface area contributed by atoms with E-state index in [4.69, 9.17) is 4.42 Å². The number of furan rings is 1. The van der Waals surface area contributed by atoms with E-state index < -0.39 is 9.84 Å². The Morgan fingerprint density at radius 2 is 1.96 bits per heavy atom. The largest absolute Gasteiger partial charge is 0.464 e. The molecule has 5 nitrogen and oxygen atoms in total. The maximum atomic E-state index is 12.9. The van der Waals surface area contributed by atoms with Crippen molar-refractivity contribution >= 4 is 31.7 Å². The number of amides is 1. The van der Waals surface area contributed by atoms with Gasteiger partial charge in [0.25, 0.3) is 5.91 Å². The second kappa shape index (κ2) is 6.72. The predicted molar refractivity (Wildman–Crippen MR) is 94.5 cm³/mol. The van der Waals surface area contributed by atoms with Crippen molar-refractivity contribution in [1.82, 2.24) is 4.90 Å². The lowest BCUT2D eigenvalue weighted by atomic mass is 10.1. The van der Waals surface area contributed by atoms with Crippen molar-refractivity contribution in [3.63, 3.8) is 0 Å². The Morgan fingerprint density at radius 1 is 1.25 bits per heavy atom. The zero-order chi connectivity index (χ0) is 17.3. The maximum absolute atomic E-state index is 12.9. The first-order valence-corrected chi connectivity index (χ1v) is 10.3. The number of rotatable bonds is 4. The Bertz CT molecular complexity index is 842. The van der Waals surface area contributed by atoms with Crippen molar-refractivity contribution in [2.24, 2.45) is 0 Å². The van der Waals surface area contributed by atoms with Gasteiger partial charge in [0.1, 0.15) is 11.5 Å². The third-order valence-corrected chi connectivity index (χ3v) is 6.40. The molecular weight excluding hydrogens is 394 g/mol. The van der Waals surface area contributed by atoms with Crippen LogP contribution in [0.1, 0.15) is 28.3 Å². The van der Waals surface area contributed by atoms with Gasteiger partial charge >= 0.3 is 0 Å². The van der Waals surface area contributed by atoms with Crippen LogP contribution in [-0.4, -0.2) is 36.8 Å². The van der Waals surface area contributed by atoms with E-state index in [0.29, 0.717) is 17.7 Å². The molecule has 7 heteroatoms. The minimum Gasteiger partial charge on any atom is -0.464 e. The molecule has 0 aliphatic carbocycles. The first-order chi connectivity index (χ1) is 11.3. The van der Waals surface area contributed by atoms with Crippen LogP contribution in [0.15, 0.2) is 45.3 Å². The molecule has 2 aromatic rings. The van der Waals surface area contributed by atoms with Crippen molar-refractivity contribution in [2.45, 2.75) is 25.9 Å². The molecule has 0 saturated carbocycles. The average molecular weight is 412 g/mol. The van der Waals surface area contributed by atoms with E-state index in [1.165, 1.54) is 0 Å². The molecule has 2 heterocycles. The van der Waals surface area contributed by atoms with E-state index in [0.717, 1.165) is 10.2 Å². The van der Waals surface area contributed by atoms with Gasteiger partial charge in [-0.1, -0.05) is 15.9 Å². The molecule has 1 aliphatic heterocycles. The Hall–Kier alpha value is -1.60. The monoisotopic (exact) mass is 411 g/mol. The summed E-state index contributed by atoms with van der Waals surface area (Å²) in [5.41, 5.74) is 0.533. The number of carbonyl (C=O) groups is 1. The zero-order valence-corrected chi connectivity index (χ0v) is 15.6. The van der Waals surface area contributed by atoms with Gasteiger partial charge in [0.15, 0.2) is 9.84 Å². The highest BCUT2D eigenvalue weighted by Gasteiger charge is 2.35. The third kappa shape index (κ3) is 3.89. The number of carbonyl (C=O) groups excluding carboxylic acids is 1. The number of aryl methyl sites for hydroxylation is 1. The molecule has 1 fully saturated rings. The van der Waals surface area contributed by atoms with Crippen LogP contribution in [0.2, 0.25) is 0 Å². The Kier molecular flexibility index (Phi) is 4.83. The summed E-state index contributed by atoms with van der Waals surface area (Å²) in [6.45, 7) is 2.10. The van der Waals surface area contributed by atoms with Crippen LogP contribution in [0.3, 0.4) is 0 Å². The van der Waals surface area contributed by atoms with Gasteiger partial charge in [-0.25, -0.2) is 8.42 Å². The van der Waals surface area contributed by atoms with Crippen LogP contribution in [0, 0.1) is 6.92 Å². The van der Waals surface area contributed by atoms with Crippen LogP contribution >= 0.6 is 15.9 Å². The molecule has 1 atom stereocenters. The van der Waals surface area contributed by atoms with Gasteiger partial charge in [0, 0.05) is 16.1 Å². The number of benzene rings is 1. The number of sulfone groups is 1. The van der Waals surface area contributed by atoms with Crippen LogP contribution in [0.5, 0.6) is 0 Å². The number of halogens is 1. The molecule has 1 unspecified atom stereocenters. The van der Waals surface area contributed by atoms with Crippen molar-refractivity contribution in [2.75, 3.05) is 11.5 Å². The van der Waals surface area contributed by atoms with E-state index in [-0.39, 0.29) is 30.0 Å². The van der Waals surface area contributed by atoms with Gasteiger partial charge in [-0.3, -0.25) is 4.79 Å². The standard InChI is InChI=1S/C17H18BrNO4S/c1-12-2-7-16(23-12)10-19(15-8-9-24(21,22)11-15)17(20)13-3-5-14(18)6-4-13/h2-7,15H,8-11H2,1H3. The zero-order valence-electron chi connectivity index (χ0n) is 13.2. The fourth-order valence-electron chi connectivity index (χ4n) is 2.88. The number of nitrogens with zero attached hydrogens (tertiary/aromatic N) is 1. The third-order valence-electron chi connectivity index (χ3n) is 4.12. The quantitative estimate of drug-likeness (QED) is 0.774. The molecule has 0 N–H and O–H groups in total. The lowest BCUT2D eigenvalue weighted by Crippen LogP contribution is -2.40. The molecule has 128 valence electrons. The summed E-state index contributed by atoms with van der Waals surface area (Å²) >= 11 is 3.35.